The molecule has 32 heavy (non-hydrogen) atoms. The molecular formula is C23H32N6O2S. The third-order valence-corrected chi connectivity index (χ3v) is 5.40. The van der Waals surface area contributed by atoms with E-state index in [9.17, 15) is 4.79 Å². The summed E-state index contributed by atoms with van der Waals surface area (Å²) in [7, 11) is 0. The number of amides is 1. The average molecular weight is 457 g/mol. The summed E-state index contributed by atoms with van der Waals surface area (Å²) in [5, 5.41) is 12.4. The number of unbranched alkanes of at least 4 members (excludes halogenated alkanes) is 1. The zero-order valence-electron chi connectivity index (χ0n) is 19.2. The van der Waals surface area contributed by atoms with Crippen molar-refractivity contribution in [3.05, 3.63) is 36.0 Å². The number of fused-ring (bicyclic) bond motifs is 1. The van der Waals surface area contributed by atoms with Crippen molar-refractivity contribution >= 4 is 34.5 Å². The summed E-state index contributed by atoms with van der Waals surface area (Å²) in [5.41, 5.74) is 1.37. The quantitative estimate of drug-likeness (QED) is 0.237. The van der Waals surface area contributed by atoms with Gasteiger partial charge in [0.15, 0.2) is 10.8 Å². The molecule has 0 aliphatic rings. The number of thioether (sulfide) groups is 1. The number of nitrogens with zero attached hydrogens (tertiary/aromatic N) is 4. The Balaban J connectivity index is 1.63. The molecule has 0 atom stereocenters. The first-order valence-electron chi connectivity index (χ1n) is 11.2. The van der Waals surface area contributed by atoms with Gasteiger partial charge in [0.2, 0.25) is 0 Å². The Morgan fingerprint density at radius 3 is 2.66 bits per heavy atom. The van der Waals surface area contributed by atoms with Crippen LogP contribution in [0.3, 0.4) is 0 Å². The van der Waals surface area contributed by atoms with E-state index < -0.39 is 0 Å². The van der Waals surface area contributed by atoms with Crippen LogP contribution in [0.25, 0.3) is 11.0 Å². The van der Waals surface area contributed by atoms with Gasteiger partial charge < -0.3 is 15.4 Å². The Kier molecular flexibility index (Phi) is 8.72. The fraction of sp³-hybridized carbons (Fsp3) is 0.478. The van der Waals surface area contributed by atoms with E-state index in [1.807, 2.05) is 16.8 Å². The smallest absolute Gasteiger partial charge is 0.251 e. The summed E-state index contributed by atoms with van der Waals surface area (Å²) < 4.78 is 7.46. The molecule has 3 aromatic rings. The van der Waals surface area contributed by atoms with Gasteiger partial charge in [-0.2, -0.15) is 5.10 Å². The van der Waals surface area contributed by atoms with E-state index >= 15 is 0 Å². The van der Waals surface area contributed by atoms with E-state index in [4.69, 9.17) is 4.74 Å². The molecule has 0 radical (unpaired) electrons. The predicted molar refractivity (Wildman–Crippen MR) is 130 cm³/mol. The number of anilines is 1. The second-order valence-corrected chi connectivity index (χ2v) is 8.91. The van der Waals surface area contributed by atoms with Gasteiger partial charge in [0.25, 0.3) is 5.91 Å². The number of hydrogen-bond acceptors (Lipinski definition) is 7. The first-order chi connectivity index (χ1) is 15.5. The van der Waals surface area contributed by atoms with E-state index in [2.05, 4.69) is 53.4 Å². The third-order valence-electron chi connectivity index (χ3n) is 4.67. The van der Waals surface area contributed by atoms with Crippen molar-refractivity contribution in [1.29, 1.82) is 0 Å². The largest absolute Gasteiger partial charge is 0.494 e. The summed E-state index contributed by atoms with van der Waals surface area (Å²) in [5.74, 6) is 2.33. The highest BCUT2D eigenvalue weighted by atomic mass is 32.2. The van der Waals surface area contributed by atoms with Crippen LogP contribution < -0.4 is 15.4 Å². The Labute approximate surface area is 193 Å². The van der Waals surface area contributed by atoms with Crippen molar-refractivity contribution < 1.29 is 9.53 Å². The maximum atomic E-state index is 12.5. The molecule has 172 valence electrons. The monoisotopic (exact) mass is 456 g/mol. The summed E-state index contributed by atoms with van der Waals surface area (Å²) >= 11 is 1.59. The third kappa shape index (κ3) is 6.35. The molecular weight excluding hydrogens is 424 g/mol. The lowest BCUT2D eigenvalue weighted by Crippen LogP contribution is -2.27. The molecule has 2 heterocycles. The highest BCUT2D eigenvalue weighted by molar-refractivity contribution is 7.99. The second-order valence-electron chi connectivity index (χ2n) is 7.67. The minimum Gasteiger partial charge on any atom is -0.494 e. The lowest BCUT2D eigenvalue weighted by Gasteiger charge is -2.12. The number of hydrogen-bond donors (Lipinski definition) is 2. The molecule has 0 aliphatic carbocycles. The molecule has 8 nitrogen and oxygen atoms in total. The van der Waals surface area contributed by atoms with Crippen molar-refractivity contribution in [3.8, 4) is 5.75 Å². The van der Waals surface area contributed by atoms with Crippen molar-refractivity contribution in [2.75, 3.05) is 24.2 Å². The molecule has 9 heteroatoms. The molecule has 0 saturated carbocycles. The van der Waals surface area contributed by atoms with E-state index in [1.165, 1.54) is 0 Å². The first kappa shape index (κ1) is 23.8. The number of aromatic nitrogens is 4. The van der Waals surface area contributed by atoms with Crippen LogP contribution in [0.5, 0.6) is 5.75 Å². The molecule has 3 rings (SSSR count). The van der Waals surface area contributed by atoms with Crippen LogP contribution in [0.4, 0.5) is 5.82 Å². The normalized spacial score (nSPS) is 11.2. The van der Waals surface area contributed by atoms with Crippen LogP contribution in [0.15, 0.2) is 35.6 Å². The molecule has 0 aliphatic heterocycles. The van der Waals surface area contributed by atoms with Crippen molar-refractivity contribution in [2.24, 2.45) is 0 Å². The summed E-state index contributed by atoms with van der Waals surface area (Å²) in [6.07, 6.45) is 3.88. The Morgan fingerprint density at radius 2 is 1.97 bits per heavy atom. The maximum Gasteiger partial charge on any atom is 0.251 e. The molecule has 2 N–H and O–H groups in total. The van der Waals surface area contributed by atoms with Gasteiger partial charge in [-0.3, -0.25) is 4.79 Å². The van der Waals surface area contributed by atoms with Crippen molar-refractivity contribution in [2.45, 2.75) is 58.3 Å². The summed E-state index contributed by atoms with van der Waals surface area (Å²) in [6.45, 7) is 10.00. The fourth-order valence-corrected chi connectivity index (χ4v) is 3.66. The van der Waals surface area contributed by atoms with Crippen molar-refractivity contribution in [1.82, 2.24) is 25.1 Å². The van der Waals surface area contributed by atoms with E-state index in [-0.39, 0.29) is 11.9 Å². The number of rotatable bonds is 12. The van der Waals surface area contributed by atoms with Gasteiger partial charge in [-0.1, -0.05) is 32.0 Å². The first-order valence-corrected chi connectivity index (χ1v) is 12.1. The highest BCUT2D eigenvalue weighted by Gasteiger charge is 2.14. The van der Waals surface area contributed by atoms with Crippen LogP contribution in [0, 0.1) is 0 Å². The summed E-state index contributed by atoms with van der Waals surface area (Å²) in [4.78, 5) is 21.8. The van der Waals surface area contributed by atoms with Gasteiger partial charge in [-0.05, 0) is 50.3 Å². The van der Waals surface area contributed by atoms with Gasteiger partial charge in [-0.15, -0.1) is 0 Å². The average Bonchev–Trinajstić information content (AvgIpc) is 3.17. The Morgan fingerprint density at radius 1 is 1.19 bits per heavy atom. The minimum atomic E-state index is -0.124. The number of nitrogens with one attached hydrogen (secondary N) is 2. The number of ether oxygens (including phenoxy) is 1. The zero-order chi connectivity index (χ0) is 22.9. The molecule has 2 aromatic heterocycles. The Hall–Kier alpha value is -2.81. The SMILES string of the molecule is CCCCOc1ccc(C(=O)NCCn2ncc3c(NC(C)C)nc(SCC)nc32)cc1. The second kappa shape index (κ2) is 11.7. The standard InChI is InChI=1S/C23H32N6O2S/c1-5-7-14-31-18-10-8-17(9-11-18)22(30)24-12-13-29-21-19(15-25-29)20(26-16(3)4)27-23(28-21)32-6-2/h8-11,15-16H,5-7,12-14H2,1-4H3,(H,24,30)(H,26,27,28). The van der Waals surface area contributed by atoms with Crippen molar-refractivity contribution in [3.63, 3.8) is 0 Å². The summed E-state index contributed by atoms with van der Waals surface area (Å²) in [6, 6.07) is 7.48. The van der Waals surface area contributed by atoms with Crippen LogP contribution in [-0.4, -0.2) is 50.6 Å². The molecule has 0 unspecified atom stereocenters. The van der Waals surface area contributed by atoms with E-state index in [0.717, 1.165) is 46.4 Å². The number of carbonyl (C=O) groups excluding carboxylic acids is 1. The van der Waals surface area contributed by atoms with Crippen LogP contribution in [-0.2, 0) is 6.54 Å². The van der Waals surface area contributed by atoms with Gasteiger partial charge >= 0.3 is 0 Å². The lowest BCUT2D eigenvalue weighted by molar-refractivity contribution is 0.0952. The van der Waals surface area contributed by atoms with E-state index in [1.54, 1.807) is 30.1 Å². The predicted octanol–water partition coefficient (Wildman–Crippen LogP) is 4.37. The van der Waals surface area contributed by atoms with Gasteiger partial charge in [0.1, 0.15) is 11.6 Å². The molecule has 1 aromatic carbocycles. The lowest BCUT2D eigenvalue weighted by atomic mass is 10.2. The van der Waals surface area contributed by atoms with Crippen LogP contribution in [0.1, 0.15) is 50.9 Å². The molecule has 0 saturated heterocycles. The molecule has 0 spiro atoms. The topological polar surface area (TPSA) is 94.0 Å². The minimum absolute atomic E-state index is 0.124. The molecule has 0 fully saturated rings. The maximum absolute atomic E-state index is 12.5. The molecule has 0 bridgehead atoms. The zero-order valence-corrected chi connectivity index (χ0v) is 20.0. The van der Waals surface area contributed by atoms with Gasteiger partial charge in [-0.25, -0.2) is 14.6 Å². The van der Waals surface area contributed by atoms with E-state index in [0.29, 0.717) is 25.3 Å². The van der Waals surface area contributed by atoms with Crippen LogP contribution in [0.2, 0.25) is 0 Å². The van der Waals surface area contributed by atoms with Crippen LogP contribution >= 0.6 is 11.8 Å². The van der Waals surface area contributed by atoms with Gasteiger partial charge in [0, 0.05) is 18.2 Å². The number of carbonyl (C=O) groups is 1. The fourth-order valence-electron chi connectivity index (χ4n) is 3.09. The Bertz CT molecular complexity index is 1020. The highest BCUT2D eigenvalue weighted by Crippen LogP contribution is 2.24. The van der Waals surface area contributed by atoms with Gasteiger partial charge in [0.05, 0.1) is 24.7 Å². The number of benzene rings is 1. The molecule has 1 amide bonds.